The summed E-state index contributed by atoms with van der Waals surface area (Å²) in [5.74, 6) is 1.14. The molecule has 3 aliphatic carbocycles. The molecular formula is C43H32O. The molecular weight excluding hydrogens is 532 g/mol. The van der Waals surface area contributed by atoms with Gasteiger partial charge in [-0.25, -0.2) is 0 Å². The van der Waals surface area contributed by atoms with Crippen LogP contribution in [0.15, 0.2) is 156 Å². The van der Waals surface area contributed by atoms with Gasteiger partial charge >= 0.3 is 0 Å². The van der Waals surface area contributed by atoms with Crippen molar-refractivity contribution < 1.29 is 4.42 Å². The Bertz CT molecular complexity index is 2390. The highest BCUT2D eigenvalue weighted by Crippen LogP contribution is 2.46. The second-order valence-electron chi connectivity index (χ2n) is 12.3. The predicted octanol–water partition coefficient (Wildman–Crippen LogP) is 9.65. The Labute approximate surface area is 257 Å². The molecule has 1 heteroatoms. The summed E-state index contributed by atoms with van der Waals surface area (Å²) in [5, 5.41) is 7.66. The zero-order valence-corrected chi connectivity index (χ0v) is 24.7. The van der Waals surface area contributed by atoms with Crippen molar-refractivity contribution in [2.45, 2.75) is 13.3 Å². The summed E-state index contributed by atoms with van der Waals surface area (Å²) in [4.78, 5) is 0. The molecule has 3 unspecified atom stereocenters. The summed E-state index contributed by atoms with van der Waals surface area (Å²) in [7, 11) is 0. The lowest BCUT2D eigenvalue weighted by Gasteiger charge is -2.35. The van der Waals surface area contributed by atoms with Crippen molar-refractivity contribution in [3.05, 3.63) is 167 Å². The number of fused-ring (bicyclic) bond motifs is 6. The zero-order chi connectivity index (χ0) is 29.2. The zero-order valence-electron chi connectivity index (χ0n) is 24.7. The van der Waals surface area contributed by atoms with E-state index in [4.69, 9.17) is 4.42 Å². The van der Waals surface area contributed by atoms with E-state index in [9.17, 15) is 0 Å². The Balaban J connectivity index is 1.35. The number of para-hydroxylation sites is 1. The van der Waals surface area contributed by atoms with Crippen molar-refractivity contribution in [2.75, 3.05) is 0 Å². The van der Waals surface area contributed by atoms with Gasteiger partial charge in [0.25, 0.3) is 0 Å². The van der Waals surface area contributed by atoms with Crippen LogP contribution in [0.4, 0.5) is 0 Å². The van der Waals surface area contributed by atoms with Crippen LogP contribution in [0.3, 0.4) is 0 Å². The van der Waals surface area contributed by atoms with Gasteiger partial charge in [-0.1, -0.05) is 140 Å². The average Bonchev–Trinajstić information content (AvgIpc) is 3.46. The van der Waals surface area contributed by atoms with Crippen LogP contribution in [0.2, 0.25) is 0 Å². The fourth-order valence-electron chi connectivity index (χ4n) is 8.03. The number of allylic oxidation sites excluding steroid dienone is 8. The van der Waals surface area contributed by atoms with Crippen molar-refractivity contribution in [1.82, 2.24) is 0 Å². The minimum absolute atomic E-state index is 0.312. The lowest BCUT2D eigenvalue weighted by atomic mass is 9.68. The molecule has 0 bridgehead atoms. The molecule has 0 saturated heterocycles. The Morgan fingerprint density at radius 3 is 2.09 bits per heavy atom. The number of furan rings is 1. The summed E-state index contributed by atoms with van der Waals surface area (Å²) in [6.07, 6.45) is 17.2. The summed E-state index contributed by atoms with van der Waals surface area (Å²) in [6.45, 7) is 2.35. The molecule has 0 radical (unpaired) electrons. The van der Waals surface area contributed by atoms with Crippen LogP contribution in [0.25, 0.3) is 55.0 Å². The molecule has 0 N–H and O–H groups in total. The highest BCUT2D eigenvalue weighted by molar-refractivity contribution is 6.16. The van der Waals surface area contributed by atoms with E-state index >= 15 is 0 Å². The minimum Gasteiger partial charge on any atom is -0.456 e. The van der Waals surface area contributed by atoms with Crippen molar-refractivity contribution >= 4 is 43.9 Å². The summed E-state index contributed by atoms with van der Waals surface area (Å²) in [6, 6.07) is 37.7. The van der Waals surface area contributed by atoms with E-state index in [1.807, 2.05) is 6.07 Å². The van der Waals surface area contributed by atoms with Gasteiger partial charge in [0.15, 0.2) is 0 Å². The number of benzene rings is 5. The lowest BCUT2D eigenvalue weighted by molar-refractivity contribution is 0.606. The van der Waals surface area contributed by atoms with Gasteiger partial charge in [0.05, 0.1) is 0 Å². The number of rotatable bonds is 3. The second kappa shape index (κ2) is 9.96. The van der Waals surface area contributed by atoms with Gasteiger partial charge in [-0.15, -0.1) is 0 Å². The Morgan fingerprint density at radius 2 is 1.25 bits per heavy atom. The normalized spacial score (nSPS) is 20.8. The van der Waals surface area contributed by atoms with Gasteiger partial charge in [0.2, 0.25) is 0 Å². The second-order valence-corrected chi connectivity index (χ2v) is 12.3. The third kappa shape index (κ3) is 3.72. The summed E-state index contributed by atoms with van der Waals surface area (Å²) >= 11 is 0. The topological polar surface area (TPSA) is 13.1 Å². The largest absolute Gasteiger partial charge is 0.456 e. The molecule has 3 aliphatic rings. The van der Waals surface area contributed by atoms with Crippen molar-refractivity contribution in [1.29, 1.82) is 0 Å². The first-order chi connectivity index (χ1) is 21.8. The summed E-state index contributed by atoms with van der Waals surface area (Å²) < 4.78 is 6.28. The van der Waals surface area contributed by atoms with Crippen LogP contribution >= 0.6 is 0 Å². The Hall–Kier alpha value is -5.14. The predicted molar refractivity (Wildman–Crippen MR) is 185 cm³/mol. The highest BCUT2D eigenvalue weighted by atomic mass is 16.3. The van der Waals surface area contributed by atoms with Crippen LogP contribution in [0.5, 0.6) is 0 Å². The fraction of sp³-hybridized carbons (Fsp3) is 0.116. The molecule has 0 amide bonds. The van der Waals surface area contributed by atoms with Crippen molar-refractivity contribution in [2.24, 2.45) is 17.8 Å². The fourth-order valence-corrected chi connectivity index (χ4v) is 8.03. The number of hydrogen-bond donors (Lipinski definition) is 0. The molecule has 44 heavy (non-hydrogen) atoms. The molecule has 0 aliphatic heterocycles. The molecule has 1 aromatic heterocycles. The smallest absolute Gasteiger partial charge is 0.136 e. The van der Waals surface area contributed by atoms with E-state index in [1.54, 1.807) is 0 Å². The van der Waals surface area contributed by atoms with Crippen molar-refractivity contribution in [3.8, 4) is 11.1 Å². The standard InChI is InChI=1S/C43H32O/c1-27-13-2-3-14-28(27)41-33-17-6-8-19-35(33)42(36-20-9-7-18-34(36)41)37-26-25-31(29-15-4-5-16-30(29)37)32-22-12-24-40-43(32)38-21-10-11-23-39(38)44-40/h2-19,21-28,36H,20H2,1H3. The van der Waals surface area contributed by atoms with Gasteiger partial charge in [-0.05, 0) is 79.1 Å². The quantitative estimate of drug-likeness (QED) is 0.209. The molecule has 1 nitrogen and oxygen atoms in total. The first-order valence-corrected chi connectivity index (χ1v) is 15.8. The van der Waals surface area contributed by atoms with E-state index in [2.05, 4.69) is 147 Å². The van der Waals surface area contributed by atoms with Crippen LogP contribution < -0.4 is 10.4 Å². The van der Waals surface area contributed by atoms with Gasteiger partial charge in [-0.3, -0.25) is 0 Å². The van der Waals surface area contributed by atoms with Gasteiger partial charge < -0.3 is 4.42 Å². The van der Waals surface area contributed by atoms with Gasteiger partial charge in [0.1, 0.15) is 11.2 Å². The molecule has 0 saturated carbocycles. The average molecular weight is 565 g/mol. The van der Waals surface area contributed by atoms with Gasteiger partial charge in [0, 0.05) is 22.6 Å². The third-order valence-corrected chi connectivity index (χ3v) is 9.98. The highest BCUT2D eigenvalue weighted by Gasteiger charge is 2.33. The monoisotopic (exact) mass is 564 g/mol. The van der Waals surface area contributed by atoms with Crippen LogP contribution in [0, 0.1) is 17.8 Å². The van der Waals surface area contributed by atoms with Crippen LogP contribution in [-0.4, -0.2) is 0 Å². The maximum atomic E-state index is 6.28. The first-order valence-electron chi connectivity index (χ1n) is 15.8. The number of hydrogen-bond acceptors (Lipinski definition) is 1. The third-order valence-electron chi connectivity index (χ3n) is 9.98. The Kier molecular flexibility index (Phi) is 5.74. The SMILES string of the molecule is CC1C=CC=CC1C1=c2ccccc2=C(c2ccc(-c3cccc4oc5ccccc5c34)c3ccccc23)C2CC=CC=C12. The van der Waals surface area contributed by atoms with E-state index in [0.717, 1.165) is 23.0 Å². The molecule has 0 fully saturated rings. The molecule has 0 spiro atoms. The molecule has 9 rings (SSSR count). The molecule has 5 aromatic carbocycles. The van der Waals surface area contributed by atoms with Gasteiger partial charge in [-0.2, -0.15) is 0 Å². The minimum atomic E-state index is 0.312. The molecule has 6 aromatic rings. The summed E-state index contributed by atoms with van der Waals surface area (Å²) in [5.41, 5.74) is 10.1. The van der Waals surface area contributed by atoms with E-state index in [-0.39, 0.29) is 0 Å². The van der Waals surface area contributed by atoms with Crippen LogP contribution in [0.1, 0.15) is 18.9 Å². The first kappa shape index (κ1) is 25.4. The maximum absolute atomic E-state index is 6.28. The Morgan fingerprint density at radius 1 is 0.568 bits per heavy atom. The molecule has 210 valence electrons. The van der Waals surface area contributed by atoms with Crippen LogP contribution in [-0.2, 0) is 0 Å². The maximum Gasteiger partial charge on any atom is 0.136 e. The van der Waals surface area contributed by atoms with E-state index < -0.39 is 0 Å². The molecule has 1 heterocycles. The molecule has 3 atom stereocenters. The van der Waals surface area contributed by atoms with Crippen molar-refractivity contribution in [3.63, 3.8) is 0 Å². The van der Waals surface area contributed by atoms with E-state index in [1.165, 1.54) is 60.0 Å². The van der Waals surface area contributed by atoms with E-state index in [0.29, 0.717) is 17.8 Å². The lowest BCUT2D eigenvalue weighted by Crippen LogP contribution is -2.40.